The van der Waals surface area contributed by atoms with Crippen LogP contribution in [0.2, 0.25) is 0 Å². The third-order valence-corrected chi connectivity index (χ3v) is 2.67. The molecular weight excluding hydrogens is 277 g/mol. The first-order valence-corrected chi connectivity index (χ1v) is 6.30. The standard InChI is InChI=1S/C12H19F3N2O3/c1-11(2,3)20-10(19)17-5-4-8(6-17)9(18)16-7-12(13,14)15/h8H,4-7H2,1-3H3,(H,16,18)/t8-/m0/s1. The summed E-state index contributed by atoms with van der Waals surface area (Å²) < 4.78 is 41.1. The molecule has 1 rings (SSSR count). The smallest absolute Gasteiger partial charge is 0.410 e. The van der Waals surface area contributed by atoms with Gasteiger partial charge in [-0.25, -0.2) is 4.79 Å². The molecule has 0 aliphatic carbocycles. The molecule has 20 heavy (non-hydrogen) atoms. The summed E-state index contributed by atoms with van der Waals surface area (Å²) in [6.07, 6.45) is -4.65. The summed E-state index contributed by atoms with van der Waals surface area (Å²) in [4.78, 5) is 24.6. The molecule has 1 saturated heterocycles. The van der Waals surface area contributed by atoms with Gasteiger partial charge in [-0.05, 0) is 27.2 Å². The normalized spacial score (nSPS) is 19.9. The van der Waals surface area contributed by atoms with Crippen LogP contribution in [0.4, 0.5) is 18.0 Å². The molecule has 0 aromatic heterocycles. The Morgan fingerprint density at radius 1 is 1.30 bits per heavy atom. The Labute approximate surface area is 115 Å². The molecule has 0 aromatic rings. The predicted octanol–water partition coefficient (Wildman–Crippen LogP) is 1.92. The minimum atomic E-state index is -4.43. The van der Waals surface area contributed by atoms with E-state index in [0.717, 1.165) is 0 Å². The van der Waals surface area contributed by atoms with Gasteiger partial charge in [0.2, 0.25) is 5.91 Å². The molecule has 1 fully saturated rings. The van der Waals surface area contributed by atoms with E-state index in [1.807, 2.05) is 5.32 Å². The maximum absolute atomic E-state index is 12.0. The number of nitrogens with zero attached hydrogens (tertiary/aromatic N) is 1. The number of rotatable bonds is 2. The average molecular weight is 296 g/mol. The van der Waals surface area contributed by atoms with Gasteiger partial charge < -0.3 is 15.0 Å². The third-order valence-electron chi connectivity index (χ3n) is 2.67. The molecule has 1 N–H and O–H groups in total. The van der Waals surface area contributed by atoms with E-state index in [9.17, 15) is 22.8 Å². The molecule has 0 spiro atoms. The van der Waals surface area contributed by atoms with Crippen molar-refractivity contribution in [3.63, 3.8) is 0 Å². The molecule has 0 aromatic carbocycles. The predicted molar refractivity (Wildman–Crippen MR) is 65.0 cm³/mol. The minimum absolute atomic E-state index is 0.0819. The number of ether oxygens (including phenoxy) is 1. The molecule has 8 heteroatoms. The number of halogens is 3. The molecule has 0 radical (unpaired) electrons. The molecule has 0 bridgehead atoms. The van der Waals surface area contributed by atoms with Crippen molar-refractivity contribution in [1.29, 1.82) is 0 Å². The zero-order valence-electron chi connectivity index (χ0n) is 11.7. The number of nitrogens with one attached hydrogen (secondary N) is 1. The topological polar surface area (TPSA) is 58.6 Å². The van der Waals surface area contributed by atoms with E-state index in [0.29, 0.717) is 13.0 Å². The molecule has 1 aliphatic rings. The van der Waals surface area contributed by atoms with E-state index in [2.05, 4.69) is 0 Å². The van der Waals surface area contributed by atoms with Gasteiger partial charge in [-0.2, -0.15) is 13.2 Å². The lowest BCUT2D eigenvalue weighted by Crippen LogP contribution is -2.40. The molecule has 0 unspecified atom stereocenters. The first-order valence-electron chi connectivity index (χ1n) is 6.30. The summed E-state index contributed by atoms with van der Waals surface area (Å²) in [5.74, 6) is -1.31. The highest BCUT2D eigenvalue weighted by atomic mass is 19.4. The molecule has 116 valence electrons. The van der Waals surface area contributed by atoms with Gasteiger partial charge in [0, 0.05) is 13.1 Å². The number of amides is 2. The van der Waals surface area contributed by atoms with Crippen LogP contribution in [0.3, 0.4) is 0 Å². The summed E-state index contributed by atoms with van der Waals surface area (Å²) in [5.41, 5.74) is -0.645. The van der Waals surface area contributed by atoms with Gasteiger partial charge in [-0.1, -0.05) is 0 Å². The van der Waals surface area contributed by atoms with Crippen LogP contribution in [0.25, 0.3) is 0 Å². The minimum Gasteiger partial charge on any atom is -0.444 e. The van der Waals surface area contributed by atoms with Crippen LogP contribution in [0.1, 0.15) is 27.2 Å². The van der Waals surface area contributed by atoms with Crippen molar-refractivity contribution in [1.82, 2.24) is 10.2 Å². The van der Waals surface area contributed by atoms with Crippen molar-refractivity contribution in [2.75, 3.05) is 19.6 Å². The Morgan fingerprint density at radius 2 is 1.90 bits per heavy atom. The quantitative estimate of drug-likeness (QED) is 0.847. The summed E-state index contributed by atoms with van der Waals surface area (Å²) >= 11 is 0. The van der Waals surface area contributed by atoms with E-state index in [-0.39, 0.29) is 6.54 Å². The molecule has 0 saturated carbocycles. The second kappa shape index (κ2) is 5.88. The fourth-order valence-electron chi connectivity index (χ4n) is 1.80. The largest absolute Gasteiger partial charge is 0.444 e. The van der Waals surface area contributed by atoms with Crippen LogP contribution < -0.4 is 5.32 Å². The molecule has 5 nitrogen and oxygen atoms in total. The second-order valence-electron chi connectivity index (χ2n) is 5.74. The van der Waals surface area contributed by atoms with Gasteiger partial charge >= 0.3 is 12.3 Å². The van der Waals surface area contributed by atoms with Crippen molar-refractivity contribution >= 4 is 12.0 Å². The van der Waals surface area contributed by atoms with Crippen molar-refractivity contribution in [3.8, 4) is 0 Å². The Kier molecular flexibility index (Phi) is 4.88. The first kappa shape index (κ1) is 16.6. The van der Waals surface area contributed by atoms with Gasteiger partial charge in [0.1, 0.15) is 12.1 Å². The lowest BCUT2D eigenvalue weighted by atomic mass is 10.1. The number of carbonyl (C=O) groups is 2. The lowest BCUT2D eigenvalue weighted by Gasteiger charge is -2.24. The zero-order valence-corrected chi connectivity index (χ0v) is 11.7. The van der Waals surface area contributed by atoms with Crippen molar-refractivity contribution < 1.29 is 27.5 Å². The fourth-order valence-corrected chi connectivity index (χ4v) is 1.80. The van der Waals surface area contributed by atoms with E-state index in [4.69, 9.17) is 4.74 Å². The molecular formula is C12H19F3N2O3. The Morgan fingerprint density at radius 3 is 2.40 bits per heavy atom. The highest BCUT2D eigenvalue weighted by Gasteiger charge is 2.35. The number of hydrogen-bond donors (Lipinski definition) is 1. The highest BCUT2D eigenvalue weighted by Crippen LogP contribution is 2.20. The van der Waals surface area contributed by atoms with E-state index < -0.39 is 36.2 Å². The number of carbonyl (C=O) groups excluding carboxylic acids is 2. The van der Waals surface area contributed by atoms with Crippen molar-refractivity contribution in [3.05, 3.63) is 0 Å². The van der Waals surface area contributed by atoms with Crippen LogP contribution >= 0.6 is 0 Å². The van der Waals surface area contributed by atoms with E-state index >= 15 is 0 Å². The van der Waals surface area contributed by atoms with Crippen LogP contribution in [0, 0.1) is 5.92 Å². The molecule has 1 atom stereocenters. The van der Waals surface area contributed by atoms with Crippen LogP contribution in [0.5, 0.6) is 0 Å². The van der Waals surface area contributed by atoms with Crippen molar-refractivity contribution in [2.24, 2.45) is 5.92 Å². The molecule has 2 amide bonds. The summed E-state index contributed by atoms with van der Waals surface area (Å²) in [6, 6.07) is 0. The van der Waals surface area contributed by atoms with E-state index in [1.54, 1.807) is 20.8 Å². The van der Waals surface area contributed by atoms with Gasteiger partial charge in [0.15, 0.2) is 0 Å². The summed E-state index contributed by atoms with van der Waals surface area (Å²) in [5, 5.41) is 1.83. The second-order valence-corrected chi connectivity index (χ2v) is 5.74. The maximum Gasteiger partial charge on any atom is 0.410 e. The van der Waals surface area contributed by atoms with Crippen LogP contribution in [0.15, 0.2) is 0 Å². The van der Waals surface area contributed by atoms with Gasteiger partial charge in [-0.15, -0.1) is 0 Å². The Balaban J connectivity index is 2.43. The van der Waals surface area contributed by atoms with Crippen molar-refractivity contribution in [2.45, 2.75) is 39.0 Å². The van der Waals surface area contributed by atoms with E-state index in [1.165, 1.54) is 4.90 Å². The van der Waals surface area contributed by atoms with Gasteiger partial charge in [-0.3, -0.25) is 4.79 Å². The number of hydrogen-bond acceptors (Lipinski definition) is 3. The SMILES string of the molecule is CC(C)(C)OC(=O)N1CC[C@H](C(=O)NCC(F)(F)F)C1. The lowest BCUT2D eigenvalue weighted by molar-refractivity contribution is -0.140. The maximum atomic E-state index is 12.0. The summed E-state index contributed by atoms with van der Waals surface area (Å²) in [7, 11) is 0. The molecule has 1 heterocycles. The Bertz CT molecular complexity index is 377. The third kappa shape index (κ3) is 5.66. The first-order chi connectivity index (χ1) is 8.98. The molecule has 1 aliphatic heterocycles. The summed E-state index contributed by atoms with van der Waals surface area (Å²) in [6.45, 7) is 4.18. The zero-order chi connectivity index (χ0) is 15.6. The van der Waals surface area contributed by atoms with Crippen LogP contribution in [-0.2, 0) is 9.53 Å². The average Bonchev–Trinajstić information content (AvgIpc) is 2.71. The van der Waals surface area contributed by atoms with Gasteiger partial charge in [0.05, 0.1) is 5.92 Å². The fraction of sp³-hybridized carbons (Fsp3) is 0.833. The Hall–Kier alpha value is -1.47. The number of likely N-dealkylation sites (tertiary alicyclic amines) is 1. The monoisotopic (exact) mass is 296 g/mol. The van der Waals surface area contributed by atoms with Crippen LogP contribution in [-0.4, -0.2) is 48.3 Å². The number of alkyl halides is 3. The van der Waals surface area contributed by atoms with Gasteiger partial charge in [0.25, 0.3) is 0 Å². The highest BCUT2D eigenvalue weighted by molar-refractivity contribution is 5.80.